The van der Waals surface area contributed by atoms with Crippen molar-refractivity contribution in [2.75, 3.05) is 13.6 Å². The molecule has 2 nitrogen and oxygen atoms in total. The van der Waals surface area contributed by atoms with Gasteiger partial charge in [-0.3, -0.25) is 4.90 Å². The van der Waals surface area contributed by atoms with E-state index in [2.05, 4.69) is 38.0 Å². The van der Waals surface area contributed by atoms with Crippen molar-refractivity contribution < 1.29 is 0 Å². The van der Waals surface area contributed by atoms with E-state index >= 15 is 0 Å². The normalized spacial score (nSPS) is 19.6. The lowest BCUT2D eigenvalue weighted by molar-refractivity contribution is 0.138. The van der Waals surface area contributed by atoms with Crippen molar-refractivity contribution in [1.29, 1.82) is 0 Å². The highest BCUT2D eigenvalue weighted by atomic mass is 15.2. The molecule has 1 saturated carbocycles. The van der Waals surface area contributed by atoms with Crippen LogP contribution in [0.5, 0.6) is 0 Å². The Hall–Kier alpha value is -0.0800. The van der Waals surface area contributed by atoms with Gasteiger partial charge in [0.05, 0.1) is 0 Å². The predicted octanol–water partition coefficient (Wildman–Crippen LogP) is 3.42. The minimum Gasteiger partial charge on any atom is -0.315 e. The minimum absolute atomic E-state index is 0.683. The van der Waals surface area contributed by atoms with Crippen LogP contribution in [0, 0.1) is 0 Å². The summed E-state index contributed by atoms with van der Waals surface area (Å²) in [5, 5.41) is 3.55. The number of hydrogen-bond donors (Lipinski definition) is 1. The highest BCUT2D eigenvalue weighted by molar-refractivity contribution is 4.92. The van der Waals surface area contributed by atoms with Crippen LogP contribution in [0.25, 0.3) is 0 Å². The number of nitrogens with zero attached hydrogens (tertiary/aromatic N) is 1. The van der Waals surface area contributed by atoms with Crippen molar-refractivity contribution in [3.63, 3.8) is 0 Å². The minimum atomic E-state index is 0.683. The molecule has 0 aromatic heterocycles. The van der Waals surface area contributed by atoms with E-state index in [1.165, 1.54) is 51.5 Å². The molecule has 1 N–H and O–H groups in total. The van der Waals surface area contributed by atoms with Crippen LogP contribution >= 0.6 is 0 Å². The number of hydrogen-bond acceptors (Lipinski definition) is 2. The average Bonchev–Trinajstić information content (AvgIpc) is 3.16. The van der Waals surface area contributed by atoms with Crippen LogP contribution in [-0.4, -0.2) is 36.6 Å². The van der Waals surface area contributed by atoms with E-state index in [-0.39, 0.29) is 0 Å². The number of likely N-dealkylation sites (N-methyl/N-ethyl adjacent to an activating group) is 1. The van der Waals surface area contributed by atoms with Gasteiger partial charge in [0.25, 0.3) is 0 Å². The van der Waals surface area contributed by atoms with Gasteiger partial charge in [-0.05, 0) is 45.7 Å². The fourth-order valence-corrected chi connectivity index (χ4v) is 2.96. The summed E-state index contributed by atoms with van der Waals surface area (Å²) in [4.78, 5) is 2.81. The largest absolute Gasteiger partial charge is 0.315 e. The van der Waals surface area contributed by atoms with Gasteiger partial charge in [-0.2, -0.15) is 0 Å². The molecule has 17 heavy (non-hydrogen) atoms. The SMILES string of the molecule is CCCCN(C1CC1)C(CC)C(CCC)NC. The first-order valence-corrected chi connectivity index (χ1v) is 7.71. The average molecular weight is 240 g/mol. The summed E-state index contributed by atoms with van der Waals surface area (Å²) in [6.45, 7) is 8.26. The zero-order valence-electron chi connectivity index (χ0n) is 12.3. The summed E-state index contributed by atoms with van der Waals surface area (Å²) in [6, 6.07) is 2.33. The molecule has 0 amide bonds. The lowest BCUT2D eigenvalue weighted by Gasteiger charge is -2.37. The quantitative estimate of drug-likeness (QED) is 0.629. The fourth-order valence-electron chi connectivity index (χ4n) is 2.96. The van der Waals surface area contributed by atoms with Crippen molar-refractivity contribution in [2.45, 2.75) is 83.8 Å². The first-order valence-electron chi connectivity index (χ1n) is 7.71. The molecule has 0 heterocycles. The molecule has 0 aromatic rings. The van der Waals surface area contributed by atoms with Crippen LogP contribution in [0.4, 0.5) is 0 Å². The van der Waals surface area contributed by atoms with E-state index in [1.807, 2.05) is 0 Å². The van der Waals surface area contributed by atoms with E-state index in [1.54, 1.807) is 0 Å². The van der Waals surface area contributed by atoms with Crippen molar-refractivity contribution in [3.8, 4) is 0 Å². The Kier molecular flexibility index (Phi) is 7.14. The first-order chi connectivity index (χ1) is 8.28. The molecule has 2 heteroatoms. The van der Waals surface area contributed by atoms with E-state index in [0.717, 1.165) is 12.1 Å². The monoisotopic (exact) mass is 240 g/mol. The second-order valence-corrected chi connectivity index (χ2v) is 5.48. The van der Waals surface area contributed by atoms with Gasteiger partial charge in [-0.1, -0.05) is 33.6 Å². The maximum absolute atomic E-state index is 3.55. The Morgan fingerprint density at radius 3 is 2.29 bits per heavy atom. The highest BCUT2D eigenvalue weighted by Gasteiger charge is 2.35. The summed E-state index contributed by atoms with van der Waals surface area (Å²) in [6.07, 6.45) is 9.42. The Morgan fingerprint density at radius 1 is 1.18 bits per heavy atom. The molecule has 1 aliphatic rings. The van der Waals surface area contributed by atoms with E-state index < -0.39 is 0 Å². The first kappa shape index (κ1) is 15.0. The summed E-state index contributed by atoms with van der Waals surface area (Å²) >= 11 is 0. The van der Waals surface area contributed by atoms with Gasteiger partial charge in [0, 0.05) is 18.1 Å². The third-order valence-electron chi connectivity index (χ3n) is 4.06. The van der Waals surface area contributed by atoms with Crippen molar-refractivity contribution in [1.82, 2.24) is 10.2 Å². The van der Waals surface area contributed by atoms with E-state index in [0.29, 0.717) is 6.04 Å². The molecule has 1 rings (SSSR count). The summed E-state index contributed by atoms with van der Waals surface area (Å²) in [5.41, 5.74) is 0. The Labute approximate surface area is 108 Å². The maximum Gasteiger partial charge on any atom is 0.0249 e. The second kappa shape index (κ2) is 8.10. The zero-order chi connectivity index (χ0) is 12.7. The van der Waals surface area contributed by atoms with Crippen molar-refractivity contribution in [3.05, 3.63) is 0 Å². The summed E-state index contributed by atoms with van der Waals surface area (Å²) in [7, 11) is 2.13. The Balaban J connectivity index is 2.58. The van der Waals surface area contributed by atoms with E-state index in [9.17, 15) is 0 Å². The molecule has 2 atom stereocenters. The number of rotatable bonds is 10. The Bertz CT molecular complexity index is 189. The fraction of sp³-hybridized carbons (Fsp3) is 1.00. The van der Waals surface area contributed by atoms with Crippen molar-refractivity contribution in [2.24, 2.45) is 0 Å². The third kappa shape index (κ3) is 4.59. The summed E-state index contributed by atoms with van der Waals surface area (Å²) < 4.78 is 0. The molecule has 0 radical (unpaired) electrons. The van der Waals surface area contributed by atoms with Crippen molar-refractivity contribution >= 4 is 0 Å². The lowest BCUT2D eigenvalue weighted by atomic mass is 9.98. The molecule has 0 bridgehead atoms. The smallest absolute Gasteiger partial charge is 0.0249 e. The second-order valence-electron chi connectivity index (χ2n) is 5.48. The molecule has 102 valence electrons. The van der Waals surface area contributed by atoms with Gasteiger partial charge < -0.3 is 5.32 Å². The van der Waals surface area contributed by atoms with Crippen LogP contribution in [0.2, 0.25) is 0 Å². The standard InChI is InChI=1S/C15H32N2/c1-5-8-12-17(13-10-11-13)15(7-3)14(16-4)9-6-2/h13-16H,5-12H2,1-4H3. The van der Waals surface area contributed by atoms with Crippen LogP contribution < -0.4 is 5.32 Å². The van der Waals surface area contributed by atoms with Crippen LogP contribution in [0.3, 0.4) is 0 Å². The third-order valence-corrected chi connectivity index (χ3v) is 4.06. The molecule has 1 fully saturated rings. The maximum atomic E-state index is 3.55. The molecule has 1 aliphatic carbocycles. The van der Waals surface area contributed by atoms with Gasteiger partial charge in [0.15, 0.2) is 0 Å². The predicted molar refractivity (Wildman–Crippen MR) is 76.5 cm³/mol. The van der Waals surface area contributed by atoms with Crippen LogP contribution in [-0.2, 0) is 0 Å². The van der Waals surface area contributed by atoms with Crippen LogP contribution in [0.15, 0.2) is 0 Å². The summed E-state index contributed by atoms with van der Waals surface area (Å²) in [5.74, 6) is 0. The molecular formula is C15H32N2. The van der Waals surface area contributed by atoms with Crippen LogP contribution in [0.1, 0.15) is 65.7 Å². The Morgan fingerprint density at radius 2 is 1.88 bits per heavy atom. The van der Waals surface area contributed by atoms with Gasteiger partial charge in [-0.15, -0.1) is 0 Å². The molecule has 0 spiro atoms. The lowest BCUT2D eigenvalue weighted by Crippen LogP contribution is -2.50. The van der Waals surface area contributed by atoms with Gasteiger partial charge in [0.1, 0.15) is 0 Å². The molecule has 0 saturated heterocycles. The molecule has 0 aliphatic heterocycles. The van der Waals surface area contributed by atoms with Gasteiger partial charge in [0.2, 0.25) is 0 Å². The zero-order valence-corrected chi connectivity index (χ0v) is 12.3. The molecule has 2 unspecified atom stereocenters. The topological polar surface area (TPSA) is 15.3 Å². The molecular weight excluding hydrogens is 208 g/mol. The molecule has 0 aromatic carbocycles. The number of nitrogens with one attached hydrogen (secondary N) is 1. The van der Waals surface area contributed by atoms with Gasteiger partial charge in [-0.25, -0.2) is 0 Å². The van der Waals surface area contributed by atoms with Gasteiger partial charge >= 0.3 is 0 Å². The van der Waals surface area contributed by atoms with E-state index in [4.69, 9.17) is 0 Å². The highest BCUT2D eigenvalue weighted by Crippen LogP contribution is 2.31. The number of unbranched alkanes of at least 4 members (excludes halogenated alkanes) is 1.